The Labute approximate surface area is 184 Å². The SMILES string of the molecule is Cc1ccc(Oc2ccc(N3C[C@@H](C(=O)OCC(=O)c4cccs4)CC3=O)cc2)cc1. The molecule has 6 nitrogen and oxygen atoms in total. The van der Waals surface area contributed by atoms with Crippen molar-refractivity contribution in [3.05, 3.63) is 76.5 Å². The first kappa shape index (κ1) is 20.8. The van der Waals surface area contributed by atoms with Gasteiger partial charge in [0, 0.05) is 18.7 Å². The van der Waals surface area contributed by atoms with Crippen LogP contribution in [0.3, 0.4) is 0 Å². The fraction of sp³-hybridized carbons (Fsp3) is 0.208. The first-order chi connectivity index (χ1) is 15.0. The Kier molecular flexibility index (Phi) is 6.13. The summed E-state index contributed by atoms with van der Waals surface area (Å²) in [5.74, 6) is -0.127. The number of esters is 1. The van der Waals surface area contributed by atoms with Crippen LogP contribution in [0.5, 0.6) is 11.5 Å². The summed E-state index contributed by atoms with van der Waals surface area (Å²) in [6, 6.07) is 18.3. The number of thiophene rings is 1. The van der Waals surface area contributed by atoms with E-state index in [1.54, 1.807) is 46.7 Å². The van der Waals surface area contributed by atoms with Crippen LogP contribution in [0, 0.1) is 12.8 Å². The van der Waals surface area contributed by atoms with Gasteiger partial charge < -0.3 is 14.4 Å². The predicted octanol–water partition coefficient (Wildman–Crippen LogP) is 4.63. The molecule has 1 fully saturated rings. The van der Waals surface area contributed by atoms with Gasteiger partial charge in [-0.2, -0.15) is 0 Å². The molecule has 1 atom stereocenters. The van der Waals surface area contributed by atoms with Crippen molar-refractivity contribution in [2.45, 2.75) is 13.3 Å². The number of rotatable bonds is 7. The number of Topliss-reactive ketones (excluding diaryl/α,β-unsaturated/α-hetero) is 1. The Morgan fingerprint density at radius 2 is 1.71 bits per heavy atom. The van der Waals surface area contributed by atoms with E-state index in [0.717, 1.165) is 11.3 Å². The lowest BCUT2D eigenvalue weighted by Gasteiger charge is -2.17. The summed E-state index contributed by atoms with van der Waals surface area (Å²) in [6.45, 7) is 1.93. The third-order valence-corrected chi connectivity index (χ3v) is 5.92. The average molecular weight is 436 g/mol. The summed E-state index contributed by atoms with van der Waals surface area (Å²) in [5.41, 5.74) is 1.84. The molecule has 4 rings (SSSR count). The number of hydrogen-bond acceptors (Lipinski definition) is 6. The Balaban J connectivity index is 1.33. The van der Waals surface area contributed by atoms with Crippen LogP contribution < -0.4 is 9.64 Å². The smallest absolute Gasteiger partial charge is 0.311 e. The molecule has 0 spiro atoms. The highest BCUT2D eigenvalue weighted by atomic mass is 32.1. The molecule has 0 bridgehead atoms. The molecular weight excluding hydrogens is 414 g/mol. The molecule has 1 aliphatic heterocycles. The molecule has 31 heavy (non-hydrogen) atoms. The van der Waals surface area contributed by atoms with Gasteiger partial charge in [0.25, 0.3) is 0 Å². The lowest BCUT2D eigenvalue weighted by molar-refractivity contribution is -0.147. The van der Waals surface area contributed by atoms with Crippen molar-refractivity contribution in [1.29, 1.82) is 0 Å². The molecule has 1 amide bonds. The number of amides is 1. The maximum atomic E-state index is 12.4. The van der Waals surface area contributed by atoms with Crippen molar-refractivity contribution in [3.63, 3.8) is 0 Å². The van der Waals surface area contributed by atoms with Crippen LogP contribution in [0.1, 0.15) is 21.7 Å². The molecule has 0 aliphatic carbocycles. The molecule has 1 aromatic heterocycles. The van der Waals surface area contributed by atoms with Crippen molar-refractivity contribution >= 4 is 34.7 Å². The highest BCUT2D eigenvalue weighted by Gasteiger charge is 2.36. The summed E-state index contributed by atoms with van der Waals surface area (Å²) in [7, 11) is 0. The van der Waals surface area contributed by atoms with Gasteiger partial charge in [-0.15, -0.1) is 11.3 Å². The summed E-state index contributed by atoms with van der Waals surface area (Å²) < 4.78 is 11.0. The van der Waals surface area contributed by atoms with Crippen molar-refractivity contribution in [1.82, 2.24) is 0 Å². The number of anilines is 1. The number of nitrogens with zero attached hydrogens (tertiary/aromatic N) is 1. The van der Waals surface area contributed by atoms with E-state index in [0.29, 0.717) is 16.3 Å². The number of ether oxygens (including phenoxy) is 2. The average Bonchev–Trinajstić information content (AvgIpc) is 3.44. The molecule has 2 aromatic carbocycles. The van der Waals surface area contributed by atoms with Crippen LogP contribution in [-0.4, -0.2) is 30.8 Å². The van der Waals surface area contributed by atoms with Gasteiger partial charge in [0.15, 0.2) is 6.61 Å². The lowest BCUT2D eigenvalue weighted by atomic mass is 10.1. The van der Waals surface area contributed by atoms with Crippen LogP contribution in [0.15, 0.2) is 66.0 Å². The van der Waals surface area contributed by atoms with Gasteiger partial charge in [-0.1, -0.05) is 23.8 Å². The summed E-state index contributed by atoms with van der Waals surface area (Å²) in [6.07, 6.45) is 0.0631. The van der Waals surface area contributed by atoms with E-state index in [-0.39, 0.29) is 31.3 Å². The highest BCUT2D eigenvalue weighted by molar-refractivity contribution is 7.12. The van der Waals surface area contributed by atoms with E-state index in [4.69, 9.17) is 9.47 Å². The van der Waals surface area contributed by atoms with Gasteiger partial charge in [0.1, 0.15) is 11.5 Å². The number of ketones is 1. The summed E-state index contributed by atoms with van der Waals surface area (Å²) in [5, 5.41) is 1.79. The van der Waals surface area contributed by atoms with E-state index < -0.39 is 11.9 Å². The lowest BCUT2D eigenvalue weighted by Crippen LogP contribution is -2.27. The zero-order valence-electron chi connectivity index (χ0n) is 16.9. The van der Waals surface area contributed by atoms with Crippen LogP contribution in [-0.2, 0) is 14.3 Å². The standard InChI is InChI=1S/C24H21NO5S/c1-16-4-8-19(9-5-16)30-20-10-6-18(7-11-20)25-14-17(13-23(25)27)24(28)29-15-21(26)22-3-2-12-31-22/h2-12,17H,13-15H2,1H3/t17-/m0/s1. The molecule has 3 aromatic rings. The van der Waals surface area contributed by atoms with E-state index in [1.165, 1.54) is 11.3 Å². The Hall–Kier alpha value is -3.45. The van der Waals surface area contributed by atoms with Crippen molar-refractivity contribution < 1.29 is 23.9 Å². The zero-order valence-corrected chi connectivity index (χ0v) is 17.8. The Bertz CT molecular complexity index is 1070. The minimum absolute atomic E-state index is 0.0631. The van der Waals surface area contributed by atoms with Gasteiger partial charge in [0.05, 0.1) is 10.8 Å². The minimum Gasteiger partial charge on any atom is -0.457 e. The molecule has 0 N–H and O–H groups in total. The monoisotopic (exact) mass is 435 g/mol. The van der Waals surface area contributed by atoms with Crippen molar-refractivity contribution in [2.24, 2.45) is 5.92 Å². The third kappa shape index (κ3) is 5.00. The van der Waals surface area contributed by atoms with Crippen molar-refractivity contribution in [3.8, 4) is 11.5 Å². The zero-order chi connectivity index (χ0) is 21.8. The first-order valence-electron chi connectivity index (χ1n) is 9.88. The van der Waals surface area contributed by atoms with Crippen LogP contribution >= 0.6 is 11.3 Å². The Morgan fingerprint density at radius 3 is 2.35 bits per heavy atom. The van der Waals surface area contributed by atoms with E-state index >= 15 is 0 Å². The van der Waals surface area contributed by atoms with E-state index in [2.05, 4.69) is 0 Å². The van der Waals surface area contributed by atoms with Gasteiger partial charge in [0.2, 0.25) is 11.7 Å². The third-order valence-electron chi connectivity index (χ3n) is 5.00. The summed E-state index contributed by atoms with van der Waals surface area (Å²) >= 11 is 1.30. The molecule has 7 heteroatoms. The number of aryl methyl sites for hydroxylation is 1. The van der Waals surface area contributed by atoms with Gasteiger partial charge in [-0.3, -0.25) is 14.4 Å². The maximum Gasteiger partial charge on any atom is 0.311 e. The highest BCUT2D eigenvalue weighted by Crippen LogP contribution is 2.29. The van der Waals surface area contributed by atoms with Gasteiger partial charge in [-0.25, -0.2) is 0 Å². The maximum absolute atomic E-state index is 12.4. The quantitative estimate of drug-likeness (QED) is 0.400. The molecule has 0 unspecified atom stereocenters. The molecule has 1 saturated heterocycles. The molecule has 0 radical (unpaired) electrons. The van der Waals surface area contributed by atoms with E-state index in [1.807, 2.05) is 31.2 Å². The summed E-state index contributed by atoms with van der Waals surface area (Å²) in [4.78, 5) is 38.9. The number of hydrogen-bond donors (Lipinski definition) is 0. The van der Waals surface area contributed by atoms with Crippen LogP contribution in [0.2, 0.25) is 0 Å². The largest absolute Gasteiger partial charge is 0.457 e. The van der Waals surface area contributed by atoms with E-state index in [9.17, 15) is 14.4 Å². The first-order valence-corrected chi connectivity index (χ1v) is 10.8. The van der Waals surface area contributed by atoms with Crippen molar-refractivity contribution in [2.75, 3.05) is 18.1 Å². The normalized spacial score (nSPS) is 15.7. The number of carbonyl (C=O) groups excluding carboxylic acids is 3. The second-order valence-corrected chi connectivity index (χ2v) is 8.27. The minimum atomic E-state index is -0.591. The molecule has 1 aliphatic rings. The molecule has 158 valence electrons. The second kappa shape index (κ2) is 9.14. The molecule has 0 saturated carbocycles. The van der Waals surface area contributed by atoms with Crippen LogP contribution in [0.4, 0.5) is 5.69 Å². The molecular formula is C24H21NO5S. The number of carbonyl (C=O) groups is 3. The topological polar surface area (TPSA) is 72.9 Å². The van der Waals surface area contributed by atoms with Gasteiger partial charge >= 0.3 is 5.97 Å². The Morgan fingerprint density at radius 1 is 1.03 bits per heavy atom. The van der Waals surface area contributed by atoms with Crippen LogP contribution in [0.25, 0.3) is 0 Å². The predicted molar refractivity (Wildman–Crippen MR) is 118 cm³/mol. The molecule has 2 heterocycles. The second-order valence-electron chi connectivity index (χ2n) is 7.32. The van der Waals surface area contributed by atoms with Gasteiger partial charge in [-0.05, 0) is 54.8 Å². The fourth-order valence-electron chi connectivity index (χ4n) is 3.31. The fourth-order valence-corrected chi connectivity index (χ4v) is 3.97. The number of benzene rings is 2.